The second kappa shape index (κ2) is 7.28. The number of nitrogens with zero attached hydrogens (tertiary/aromatic N) is 2. The average Bonchev–Trinajstić information content (AvgIpc) is 3.15. The molecule has 0 aliphatic rings. The molecule has 0 saturated heterocycles. The molecule has 0 spiro atoms. The smallest absolute Gasteiger partial charge is 0.252 e. The molecule has 4 N–H and O–H groups in total. The lowest BCUT2D eigenvalue weighted by atomic mass is 10.2. The molecule has 140 valence electrons. The van der Waals surface area contributed by atoms with Crippen molar-refractivity contribution in [3.05, 3.63) is 70.8 Å². The number of nitrogens with two attached hydrogens (primary N) is 1. The third-order valence-electron chi connectivity index (χ3n) is 3.95. The highest BCUT2D eigenvalue weighted by molar-refractivity contribution is 9.10. The van der Waals surface area contributed by atoms with Gasteiger partial charge in [-0.25, -0.2) is 14.4 Å². The van der Waals surface area contributed by atoms with Gasteiger partial charge in [0.1, 0.15) is 17.2 Å². The van der Waals surface area contributed by atoms with Crippen molar-refractivity contribution >= 4 is 44.4 Å². The van der Waals surface area contributed by atoms with Gasteiger partial charge in [0, 0.05) is 34.8 Å². The minimum absolute atomic E-state index is 0.0538. The van der Waals surface area contributed by atoms with Gasteiger partial charge in [-0.1, -0.05) is 0 Å². The number of aromatic nitrogens is 3. The Balaban J connectivity index is 1.60. The minimum Gasteiger partial charge on any atom is -0.453 e. The van der Waals surface area contributed by atoms with Crippen molar-refractivity contribution in [3.63, 3.8) is 0 Å². The van der Waals surface area contributed by atoms with Gasteiger partial charge in [-0.3, -0.25) is 4.79 Å². The van der Waals surface area contributed by atoms with Crippen molar-refractivity contribution in [1.82, 2.24) is 15.0 Å². The number of anilines is 2. The fourth-order valence-electron chi connectivity index (χ4n) is 2.67. The van der Waals surface area contributed by atoms with Crippen molar-refractivity contribution in [1.29, 1.82) is 0 Å². The van der Waals surface area contributed by atoms with Crippen LogP contribution in [0, 0.1) is 5.82 Å². The molecule has 1 amide bonds. The van der Waals surface area contributed by atoms with Crippen LogP contribution < -0.4 is 15.8 Å². The zero-order valence-electron chi connectivity index (χ0n) is 14.2. The van der Waals surface area contributed by atoms with E-state index in [1.807, 2.05) is 0 Å². The number of aromatic amines is 1. The van der Waals surface area contributed by atoms with Gasteiger partial charge in [-0.15, -0.1) is 0 Å². The van der Waals surface area contributed by atoms with Crippen LogP contribution >= 0.6 is 15.9 Å². The second-order valence-corrected chi connectivity index (χ2v) is 6.75. The number of halogens is 2. The van der Waals surface area contributed by atoms with Gasteiger partial charge in [-0.2, -0.15) is 0 Å². The Kier molecular flexibility index (Phi) is 4.66. The first-order valence-corrected chi connectivity index (χ1v) is 8.92. The molecule has 3 heterocycles. The van der Waals surface area contributed by atoms with Crippen molar-refractivity contribution in [2.24, 2.45) is 5.73 Å². The van der Waals surface area contributed by atoms with Gasteiger partial charge in [0.15, 0.2) is 11.6 Å². The van der Waals surface area contributed by atoms with Crippen LogP contribution in [0.5, 0.6) is 11.5 Å². The van der Waals surface area contributed by atoms with Gasteiger partial charge in [0.05, 0.1) is 10.9 Å². The zero-order chi connectivity index (χ0) is 19.7. The number of fused-ring (bicyclic) bond motifs is 1. The topological polar surface area (TPSA) is 106 Å². The molecule has 0 atom stereocenters. The predicted octanol–water partition coefficient (Wildman–Crippen LogP) is 4.49. The molecule has 0 aliphatic carbocycles. The Labute approximate surface area is 166 Å². The summed E-state index contributed by atoms with van der Waals surface area (Å²) in [5, 5.41) is 3.64. The Hall–Kier alpha value is -3.46. The van der Waals surface area contributed by atoms with Gasteiger partial charge in [0.2, 0.25) is 0 Å². The van der Waals surface area contributed by atoms with Crippen LogP contribution in [0.2, 0.25) is 0 Å². The molecule has 1 aromatic carbocycles. The van der Waals surface area contributed by atoms with Gasteiger partial charge < -0.3 is 20.8 Å². The predicted molar refractivity (Wildman–Crippen MR) is 106 cm³/mol. The molecule has 0 fully saturated rings. The summed E-state index contributed by atoms with van der Waals surface area (Å²) >= 11 is 3.24. The SMILES string of the molecule is NC(=O)c1cc(Br)cnc1Nc1ccc(Oc2ccnc3[nH]ccc23)c(F)c1. The van der Waals surface area contributed by atoms with Crippen molar-refractivity contribution in [3.8, 4) is 11.5 Å². The van der Waals surface area contributed by atoms with E-state index in [4.69, 9.17) is 10.5 Å². The molecule has 28 heavy (non-hydrogen) atoms. The number of ether oxygens (including phenoxy) is 1. The van der Waals surface area contributed by atoms with Crippen LogP contribution in [0.3, 0.4) is 0 Å². The van der Waals surface area contributed by atoms with E-state index in [1.165, 1.54) is 24.4 Å². The maximum atomic E-state index is 14.6. The number of hydrogen-bond acceptors (Lipinski definition) is 5. The van der Waals surface area contributed by atoms with Crippen molar-refractivity contribution in [2.75, 3.05) is 5.32 Å². The first-order valence-electron chi connectivity index (χ1n) is 8.13. The van der Waals surface area contributed by atoms with E-state index in [-0.39, 0.29) is 17.1 Å². The number of H-pyrrole nitrogens is 1. The van der Waals surface area contributed by atoms with E-state index >= 15 is 0 Å². The van der Waals surface area contributed by atoms with E-state index < -0.39 is 11.7 Å². The van der Waals surface area contributed by atoms with Crippen LogP contribution in [0.4, 0.5) is 15.9 Å². The lowest BCUT2D eigenvalue weighted by Gasteiger charge is -2.12. The van der Waals surface area contributed by atoms with Crippen LogP contribution in [0.25, 0.3) is 11.0 Å². The zero-order valence-corrected chi connectivity index (χ0v) is 15.8. The molecule has 4 aromatic rings. The number of carbonyl (C=O) groups excluding carboxylic acids is 1. The third-order valence-corrected chi connectivity index (χ3v) is 4.39. The van der Waals surface area contributed by atoms with Gasteiger partial charge in [-0.05, 0) is 46.3 Å². The molecular weight excluding hydrogens is 429 g/mol. The van der Waals surface area contributed by atoms with E-state index in [1.54, 1.807) is 30.6 Å². The number of pyridine rings is 2. The Morgan fingerprint density at radius 1 is 1.18 bits per heavy atom. The fraction of sp³-hybridized carbons (Fsp3) is 0. The van der Waals surface area contributed by atoms with E-state index in [0.717, 1.165) is 5.39 Å². The number of carbonyl (C=O) groups is 1. The molecule has 0 radical (unpaired) electrons. The highest BCUT2D eigenvalue weighted by Crippen LogP contribution is 2.32. The normalized spacial score (nSPS) is 10.8. The lowest BCUT2D eigenvalue weighted by Crippen LogP contribution is -2.14. The molecular formula is C19H13BrFN5O2. The number of nitrogens with one attached hydrogen (secondary N) is 2. The molecule has 0 unspecified atom stereocenters. The van der Waals surface area contributed by atoms with Crippen LogP contribution in [0.1, 0.15) is 10.4 Å². The van der Waals surface area contributed by atoms with Gasteiger partial charge >= 0.3 is 0 Å². The van der Waals surface area contributed by atoms with E-state index in [9.17, 15) is 9.18 Å². The summed E-state index contributed by atoms with van der Waals surface area (Å²) in [6.45, 7) is 0. The number of benzene rings is 1. The minimum atomic E-state index is -0.648. The summed E-state index contributed by atoms with van der Waals surface area (Å²) in [4.78, 5) is 22.9. The molecule has 0 bridgehead atoms. The maximum Gasteiger partial charge on any atom is 0.252 e. The summed E-state index contributed by atoms with van der Waals surface area (Å²) in [6.07, 6.45) is 4.82. The van der Waals surface area contributed by atoms with Crippen molar-refractivity contribution in [2.45, 2.75) is 0 Å². The van der Waals surface area contributed by atoms with E-state index in [2.05, 4.69) is 36.2 Å². The first-order chi connectivity index (χ1) is 13.5. The molecule has 4 rings (SSSR count). The van der Waals surface area contributed by atoms with Crippen LogP contribution in [-0.2, 0) is 0 Å². The Bertz CT molecular complexity index is 1190. The number of rotatable bonds is 5. The summed E-state index contributed by atoms with van der Waals surface area (Å²) in [5.74, 6) is -0.463. The van der Waals surface area contributed by atoms with Crippen LogP contribution in [-0.4, -0.2) is 20.9 Å². The Morgan fingerprint density at radius 2 is 2.04 bits per heavy atom. The second-order valence-electron chi connectivity index (χ2n) is 5.84. The number of primary amides is 1. The summed E-state index contributed by atoms with van der Waals surface area (Å²) in [6, 6.07) is 9.35. The summed E-state index contributed by atoms with van der Waals surface area (Å²) in [7, 11) is 0. The Morgan fingerprint density at radius 3 is 2.82 bits per heavy atom. The first kappa shape index (κ1) is 17.9. The van der Waals surface area contributed by atoms with Gasteiger partial charge in [0.25, 0.3) is 5.91 Å². The highest BCUT2D eigenvalue weighted by Gasteiger charge is 2.13. The standard InChI is InChI=1S/C19H13BrFN5O2/c20-10-7-13(17(22)27)19(25-9-10)26-11-1-2-16(14(21)8-11)28-15-4-6-24-18-12(15)3-5-23-18/h1-9H,(H2,22,27)(H,23,24)(H,25,26). The lowest BCUT2D eigenvalue weighted by molar-refractivity contribution is 0.100. The van der Waals surface area contributed by atoms with Crippen LogP contribution in [0.15, 0.2) is 59.5 Å². The fourth-order valence-corrected chi connectivity index (χ4v) is 3.00. The molecule has 3 aromatic heterocycles. The van der Waals surface area contributed by atoms with E-state index in [0.29, 0.717) is 21.6 Å². The third kappa shape index (κ3) is 3.52. The average molecular weight is 442 g/mol. The molecule has 0 saturated carbocycles. The molecule has 7 nitrogen and oxygen atoms in total. The number of hydrogen-bond donors (Lipinski definition) is 3. The quantitative estimate of drug-likeness (QED) is 0.422. The number of amides is 1. The largest absolute Gasteiger partial charge is 0.453 e. The molecule has 0 aliphatic heterocycles. The monoisotopic (exact) mass is 441 g/mol. The maximum absolute atomic E-state index is 14.6. The summed E-state index contributed by atoms with van der Waals surface area (Å²) < 4.78 is 20.9. The highest BCUT2D eigenvalue weighted by atomic mass is 79.9. The molecule has 9 heteroatoms. The van der Waals surface area contributed by atoms with Crippen molar-refractivity contribution < 1.29 is 13.9 Å². The summed E-state index contributed by atoms with van der Waals surface area (Å²) in [5.41, 5.74) is 6.60.